The van der Waals surface area contributed by atoms with E-state index < -0.39 is 0 Å². The molecular formula is C15H18BrNS. The van der Waals surface area contributed by atoms with Crippen molar-refractivity contribution in [3.63, 3.8) is 0 Å². The van der Waals surface area contributed by atoms with Crippen molar-refractivity contribution < 1.29 is 0 Å². The van der Waals surface area contributed by atoms with E-state index >= 15 is 0 Å². The van der Waals surface area contributed by atoms with E-state index in [1.807, 2.05) is 11.3 Å². The van der Waals surface area contributed by atoms with Crippen molar-refractivity contribution in [2.75, 3.05) is 6.54 Å². The van der Waals surface area contributed by atoms with Gasteiger partial charge in [0.05, 0.1) is 0 Å². The summed E-state index contributed by atoms with van der Waals surface area (Å²) in [7, 11) is 0. The Hall–Kier alpha value is -0.640. The third-order valence-corrected chi connectivity index (χ3v) is 4.59. The van der Waals surface area contributed by atoms with Gasteiger partial charge in [0, 0.05) is 27.2 Å². The van der Waals surface area contributed by atoms with E-state index in [1.54, 1.807) is 0 Å². The van der Waals surface area contributed by atoms with Crippen LogP contribution in [0, 0.1) is 0 Å². The highest BCUT2D eigenvalue weighted by Crippen LogP contribution is 2.25. The van der Waals surface area contributed by atoms with E-state index in [2.05, 4.69) is 69.9 Å². The quantitative estimate of drug-likeness (QED) is 0.805. The molecule has 0 fully saturated rings. The third-order valence-electron chi connectivity index (χ3n) is 2.87. The molecule has 0 aliphatic rings. The summed E-state index contributed by atoms with van der Waals surface area (Å²) in [6.07, 6.45) is 2.22. The largest absolute Gasteiger partial charge is 0.310 e. The summed E-state index contributed by atoms with van der Waals surface area (Å²) < 4.78 is 1.19. The van der Waals surface area contributed by atoms with Gasteiger partial charge in [0.1, 0.15) is 0 Å². The van der Waals surface area contributed by atoms with Crippen LogP contribution in [0.15, 0.2) is 46.3 Å². The molecule has 2 aromatic rings. The van der Waals surface area contributed by atoms with Crippen LogP contribution in [0.25, 0.3) is 0 Å². The molecule has 0 saturated heterocycles. The molecule has 3 heteroatoms. The Morgan fingerprint density at radius 2 is 2.06 bits per heavy atom. The van der Waals surface area contributed by atoms with Crippen LogP contribution in [0.4, 0.5) is 0 Å². The normalized spacial score (nSPS) is 12.6. The monoisotopic (exact) mass is 323 g/mol. The zero-order chi connectivity index (χ0) is 12.8. The number of rotatable bonds is 6. The van der Waals surface area contributed by atoms with Crippen molar-refractivity contribution >= 4 is 27.3 Å². The fraction of sp³-hybridized carbons (Fsp3) is 0.333. The molecule has 0 saturated carbocycles. The Bertz CT molecular complexity index is 466. The highest BCUT2D eigenvalue weighted by atomic mass is 79.9. The Kier molecular flexibility index (Phi) is 5.42. The number of nitrogens with one attached hydrogen (secondary N) is 1. The van der Waals surface area contributed by atoms with Crippen LogP contribution in [0.3, 0.4) is 0 Å². The van der Waals surface area contributed by atoms with Crippen LogP contribution in [-0.2, 0) is 6.42 Å². The molecule has 1 aromatic carbocycles. The lowest BCUT2D eigenvalue weighted by atomic mass is 10.0. The first-order valence-electron chi connectivity index (χ1n) is 6.31. The van der Waals surface area contributed by atoms with Crippen LogP contribution >= 0.6 is 27.3 Å². The smallest absolute Gasteiger partial charge is 0.0368 e. The summed E-state index contributed by atoms with van der Waals surface area (Å²) in [5, 5.41) is 5.78. The van der Waals surface area contributed by atoms with E-state index in [0.717, 1.165) is 19.4 Å². The molecule has 0 radical (unpaired) electrons. The van der Waals surface area contributed by atoms with Crippen LogP contribution in [0.1, 0.15) is 29.8 Å². The standard InChI is InChI=1S/C15H18BrNS/c1-2-8-17-15(12-6-4-3-5-7-12)10-14-9-13(16)11-18-14/h3-7,9,11,15,17H,2,8,10H2,1H3. The molecule has 1 nitrogen and oxygen atoms in total. The Labute approximate surface area is 121 Å². The molecule has 1 atom stereocenters. The predicted octanol–water partition coefficient (Wildman–Crippen LogP) is 4.79. The Morgan fingerprint density at radius 1 is 1.28 bits per heavy atom. The lowest BCUT2D eigenvalue weighted by Gasteiger charge is -2.18. The van der Waals surface area contributed by atoms with Gasteiger partial charge in [-0.1, -0.05) is 37.3 Å². The van der Waals surface area contributed by atoms with Gasteiger partial charge in [0.25, 0.3) is 0 Å². The summed E-state index contributed by atoms with van der Waals surface area (Å²) >= 11 is 5.34. The second kappa shape index (κ2) is 7.07. The van der Waals surface area contributed by atoms with Gasteiger partial charge in [-0.05, 0) is 40.5 Å². The van der Waals surface area contributed by atoms with E-state index in [0.29, 0.717) is 6.04 Å². The third kappa shape index (κ3) is 3.94. The highest BCUT2D eigenvalue weighted by molar-refractivity contribution is 9.10. The Balaban J connectivity index is 2.10. The van der Waals surface area contributed by atoms with E-state index in [-0.39, 0.29) is 0 Å². The molecule has 18 heavy (non-hydrogen) atoms. The van der Waals surface area contributed by atoms with Gasteiger partial charge in [0.2, 0.25) is 0 Å². The summed E-state index contributed by atoms with van der Waals surface area (Å²) in [5.41, 5.74) is 1.37. The summed E-state index contributed by atoms with van der Waals surface area (Å²) in [6.45, 7) is 3.27. The average molecular weight is 324 g/mol. The fourth-order valence-electron chi connectivity index (χ4n) is 1.97. The molecule has 0 aliphatic heterocycles. The molecule has 1 unspecified atom stereocenters. The van der Waals surface area contributed by atoms with E-state index in [1.165, 1.54) is 14.9 Å². The maximum atomic E-state index is 3.63. The summed E-state index contributed by atoms with van der Waals surface area (Å²) in [4.78, 5) is 1.42. The first kappa shape index (κ1) is 13.8. The van der Waals surface area contributed by atoms with Crippen LogP contribution in [0.5, 0.6) is 0 Å². The topological polar surface area (TPSA) is 12.0 Å². The molecule has 0 amide bonds. The maximum absolute atomic E-state index is 3.63. The number of halogens is 1. The molecular weight excluding hydrogens is 306 g/mol. The molecule has 96 valence electrons. The molecule has 1 heterocycles. The second-order valence-electron chi connectivity index (χ2n) is 4.35. The number of benzene rings is 1. The number of hydrogen-bond donors (Lipinski definition) is 1. The minimum atomic E-state index is 0.414. The highest BCUT2D eigenvalue weighted by Gasteiger charge is 2.12. The van der Waals surface area contributed by atoms with Gasteiger partial charge in [-0.2, -0.15) is 0 Å². The molecule has 1 aromatic heterocycles. The molecule has 0 spiro atoms. The fourth-order valence-corrected chi connectivity index (χ4v) is 3.47. The van der Waals surface area contributed by atoms with Crippen molar-refractivity contribution in [2.24, 2.45) is 0 Å². The van der Waals surface area contributed by atoms with E-state index in [4.69, 9.17) is 0 Å². The maximum Gasteiger partial charge on any atom is 0.0368 e. The second-order valence-corrected chi connectivity index (χ2v) is 6.26. The summed E-state index contributed by atoms with van der Waals surface area (Å²) in [6, 6.07) is 13.3. The van der Waals surface area contributed by atoms with Gasteiger partial charge >= 0.3 is 0 Å². The lowest BCUT2D eigenvalue weighted by Crippen LogP contribution is -2.23. The minimum absolute atomic E-state index is 0.414. The minimum Gasteiger partial charge on any atom is -0.310 e. The van der Waals surface area contributed by atoms with Crippen LogP contribution in [0.2, 0.25) is 0 Å². The van der Waals surface area contributed by atoms with Crippen LogP contribution < -0.4 is 5.32 Å². The van der Waals surface area contributed by atoms with Gasteiger partial charge in [0.15, 0.2) is 0 Å². The Morgan fingerprint density at radius 3 is 2.67 bits per heavy atom. The van der Waals surface area contributed by atoms with Crippen molar-refractivity contribution in [1.82, 2.24) is 5.32 Å². The zero-order valence-electron chi connectivity index (χ0n) is 10.5. The van der Waals surface area contributed by atoms with Gasteiger partial charge in [-0.15, -0.1) is 11.3 Å². The SMILES string of the molecule is CCCNC(Cc1cc(Br)cs1)c1ccccc1. The van der Waals surface area contributed by atoms with Crippen molar-refractivity contribution in [2.45, 2.75) is 25.8 Å². The number of thiophene rings is 1. The van der Waals surface area contributed by atoms with Crippen molar-refractivity contribution in [3.05, 3.63) is 56.7 Å². The lowest BCUT2D eigenvalue weighted by molar-refractivity contribution is 0.532. The molecule has 0 bridgehead atoms. The first-order valence-corrected chi connectivity index (χ1v) is 7.98. The first-order chi connectivity index (χ1) is 8.79. The molecule has 0 aliphatic carbocycles. The van der Waals surface area contributed by atoms with E-state index in [9.17, 15) is 0 Å². The zero-order valence-corrected chi connectivity index (χ0v) is 12.9. The van der Waals surface area contributed by atoms with Gasteiger partial charge in [-0.25, -0.2) is 0 Å². The predicted molar refractivity (Wildman–Crippen MR) is 83.2 cm³/mol. The van der Waals surface area contributed by atoms with Crippen molar-refractivity contribution in [1.29, 1.82) is 0 Å². The summed E-state index contributed by atoms with van der Waals surface area (Å²) in [5.74, 6) is 0. The number of hydrogen-bond acceptors (Lipinski definition) is 2. The average Bonchev–Trinajstić information content (AvgIpc) is 2.81. The molecule has 2 rings (SSSR count). The van der Waals surface area contributed by atoms with Gasteiger partial charge in [-0.3, -0.25) is 0 Å². The van der Waals surface area contributed by atoms with Crippen LogP contribution in [-0.4, -0.2) is 6.54 Å². The molecule has 1 N–H and O–H groups in total. The van der Waals surface area contributed by atoms with Crippen molar-refractivity contribution in [3.8, 4) is 0 Å². The van der Waals surface area contributed by atoms with Gasteiger partial charge < -0.3 is 5.32 Å².